The summed E-state index contributed by atoms with van der Waals surface area (Å²) in [6, 6.07) is 27.8. The molecule has 2 N–H and O–H groups in total. The summed E-state index contributed by atoms with van der Waals surface area (Å²) in [5.41, 5.74) is 3.80. The first-order chi connectivity index (χ1) is 12.8. The van der Waals surface area contributed by atoms with Gasteiger partial charge in [-0.3, -0.25) is 5.41 Å². The second-order valence-corrected chi connectivity index (χ2v) is 6.21. The Bertz CT molecular complexity index is 977. The maximum absolute atomic E-state index is 9.59. The highest BCUT2D eigenvalue weighted by molar-refractivity contribution is 5.85. The highest BCUT2D eigenvalue weighted by Crippen LogP contribution is 2.43. The van der Waals surface area contributed by atoms with Crippen LogP contribution in [0.2, 0.25) is 0 Å². The zero-order chi connectivity index (χ0) is 17.9. The van der Waals surface area contributed by atoms with Gasteiger partial charge in [-0.05, 0) is 23.8 Å². The van der Waals surface area contributed by atoms with Crippen LogP contribution in [-0.2, 0) is 0 Å². The molecule has 0 radical (unpaired) electrons. The third-order valence-corrected chi connectivity index (χ3v) is 4.54. The summed E-state index contributed by atoms with van der Waals surface area (Å²) in [6.07, 6.45) is 0. The Labute approximate surface area is 152 Å². The molecule has 0 spiro atoms. The van der Waals surface area contributed by atoms with Gasteiger partial charge in [0.15, 0.2) is 0 Å². The molecule has 0 aromatic heterocycles. The van der Waals surface area contributed by atoms with Gasteiger partial charge in [0.2, 0.25) is 5.90 Å². The fourth-order valence-electron chi connectivity index (χ4n) is 3.32. The zero-order valence-corrected chi connectivity index (χ0v) is 14.0. The average Bonchev–Trinajstić information content (AvgIpc) is 2.68. The van der Waals surface area contributed by atoms with Gasteiger partial charge in [-0.25, -0.2) is 0 Å². The number of nitrogens with zero attached hydrogens (tertiary/aromatic N) is 1. The summed E-state index contributed by atoms with van der Waals surface area (Å²) >= 11 is 0. The molecule has 0 fully saturated rings. The highest BCUT2D eigenvalue weighted by Gasteiger charge is 2.36. The highest BCUT2D eigenvalue weighted by atomic mass is 16.5. The molecular weight excluding hydrogens is 322 g/mol. The van der Waals surface area contributed by atoms with Crippen molar-refractivity contribution in [1.29, 1.82) is 10.7 Å². The SMILES string of the molecule is N#CC1C(=N)Oc2cc(Nc3ccccc3)ccc2C1c1ccccc1. The lowest BCUT2D eigenvalue weighted by Gasteiger charge is -2.30. The Morgan fingerprint density at radius 1 is 0.885 bits per heavy atom. The van der Waals surface area contributed by atoms with Crippen LogP contribution in [0.5, 0.6) is 5.75 Å². The molecule has 0 saturated carbocycles. The Kier molecular flexibility index (Phi) is 4.12. The molecule has 26 heavy (non-hydrogen) atoms. The quantitative estimate of drug-likeness (QED) is 0.700. The van der Waals surface area contributed by atoms with E-state index in [-0.39, 0.29) is 11.8 Å². The predicted octanol–water partition coefficient (Wildman–Crippen LogP) is 5.07. The number of para-hydroxylation sites is 1. The van der Waals surface area contributed by atoms with Crippen molar-refractivity contribution in [1.82, 2.24) is 0 Å². The molecule has 0 amide bonds. The van der Waals surface area contributed by atoms with E-state index in [1.807, 2.05) is 78.9 Å². The first-order valence-electron chi connectivity index (χ1n) is 8.43. The molecule has 4 rings (SSSR count). The minimum atomic E-state index is -0.627. The summed E-state index contributed by atoms with van der Waals surface area (Å²) < 4.78 is 5.69. The van der Waals surface area contributed by atoms with E-state index in [0.29, 0.717) is 5.75 Å². The van der Waals surface area contributed by atoms with Gasteiger partial charge in [0.25, 0.3) is 0 Å². The third kappa shape index (κ3) is 2.91. The molecule has 1 aliphatic heterocycles. The Morgan fingerprint density at radius 3 is 2.27 bits per heavy atom. The molecule has 0 saturated heterocycles. The summed E-state index contributed by atoms with van der Waals surface area (Å²) in [7, 11) is 0. The fourth-order valence-corrected chi connectivity index (χ4v) is 3.32. The van der Waals surface area contributed by atoms with E-state index in [1.165, 1.54) is 0 Å². The van der Waals surface area contributed by atoms with Crippen LogP contribution in [0.15, 0.2) is 78.9 Å². The van der Waals surface area contributed by atoms with E-state index in [1.54, 1.807) is 0 Å². The molecule has 2 unspecified atom stereocenters. The first kappa shape index (κ1) is 15.9. The molecule has 0 aliphatic carbocycles. The molecule has 0 bridgehead atoms. The topological polar surface area (TPSA) is 68.9 Å². The molecule has 1 heterocycles. The fraction of sp³-hybridized carbons (Fsp3) is 0.0909. The number of hydrogen-bond donors (Lipinski definition) is 2. The monoisotopic (exact) mass is 339 g/mol. The van der Waals surface area contributed by atoms with Crippen molar-refractivity contribution < 1.29 is 4.74 Å². The van der Waals surface area contributed by atoms with E-state index >= 15 is 0 Å². The smallest absolute Gasteiger partial charge is 0.205 e. The Hall–Kier alpha value is -3.58. The van der Waals surface area contributed by atoms with Crippen LogP contribution in [0.4, 0.5) is 11.4 Å². The molecule has 4 nitrogen and oxygen atoms in total. The van der Waals surface area contributed by atoms with Crippen molar-refractivity contribution in [2.24, 2.45) is 5.92 Å². The lowest BCUT2D eigenvalue weighted by atomic mass is 9.79. The van der Waals surface area contributed by atoms with Gasteiger partial charge in [0.1, 0.15) is 11.7 Å². The number of rotatable bonds is 3. The van der Waals surface area contributed by atoms with E-state index < -0.39 is 5.92 Å². The molecule has 3 aromatic rings. The number of nitrogens with one attached hydrogen (secondary N) is 2. The van der Waals surface area contributed by atoms with Gasteiger partial charge in [-0.15, -0.1) is 0 Å². The van der Waals surface area contributed by atoms with Gasteiger partial charge in [-0.1, -0.05) is 54.6 Å². The zero-order valence-electron chi connectivity index (χ0n) is 14.0. The largest absolute Gasteiger partial charge is 0.442 e. The number of benzene rings is 3. The van der Waals surface area contributed by atoms with E-state index in [2.05, 4.69) is 11.4 Å². The minimum absolute atomic E-state index is 0.00860. The van der Waals surface area contributed by atoms with E-state index in [9.17, 15) is 5.26 Å². The van der Waals surface area contributed by atoms with Gasteiger partial charge < -0.3 is 10.1 Å². The Balaban J connectivity index is 1.75. The van der Waals surface area contributed by atoms with Crippen LogP contribution in [-0.4, -0.2) is 5.90 Å². The third-order valence-electron chi connectivity index (χ3n) is 4.54. The summed E-state index contributed by atoms with van der Waals surface area (Å²) in [4.78, 5) is 0. The van der Waals surface area contributed by atoms with Crippen molar-refractivity contribution in [3.8, 4) is 11.8 Å². The molecule has 3 aromatic carbocycles. The van der Waals surface area contributed by atoms with Crippen LogP contribution < -0.4 is 10.1 Å². The van der Waals surface area contributed by atoms with Crippen LogP contribution in [0.1, 0.15) is 17.0 Å². The van der Waals surface area contributed by atoms with E-state index in [0.717, 1.165) is 22.5 Å². The van der Waals surface area contributed by atoms with Crippen molar-refractivity contribution in [3.05, 3.63) is 90.0 Å². The summed E-state index contributed by atoms with van der Waals surface area (Å²) in [6.45, 7) is 0. The standard InChI is InChI=1S/C22H17N3O/c23-14-19-21(15-7-3-1-4-8-15)18-12-11-17(13-20(18)26-22(19)24)25-16-9-5-2-6-10-16/h1-13,19,21,24-25H. The number of ether oxygens (including phenoxy) is 1. The number of anilines is 2. The van der Waals surface area contributed by atoms with Crippen LogP contribution in [0.25, 0.3) is 0 Å². The maximum atomic E-state index is 9.59. The Morgan fingerprint density at radius 2 is 1.58 bits per heavy atom. The second kappa shape index (κ2) is 6.73. The lowest BCUT2D eigenvalue weighted by molar-refractivity contribution is 0.451. The average molecular weight is 339 g/mol. The maximum Gasteiger partial charge on any atom is 0.205 e. The first-order valence-corrected chi connectivity index (χ1v) is 8.43. The summed E-state index contributed by atoms with van der Waals surface area (Å²) in [5.74, 6) is -0.219. The van der Waals surface area contributed by atoms with Crippen molar-refractivity contribution in [3.63, 3.8) is 0 Å². The van der Waals surface area contributed by atoms with Crippen LogP contribution in [0, 0.1) is 22.7 Å². The number of hydrogen-bond acceptors (Lipinski definition) is 4. The second-order valence-electron chi connectivity index (χ2n) is 6.21. The number of nitriles is 1. The van der Waals surface area contributed by atoms with Gasteiger partial charge in [0.05, 0.1) is 6.07 Å². The van der Waals surface area contributed by atoms with Gasteiger partial charge in [-0.2, -0.15) is 5.26 Å². The van der Waals surface area contributed by atoms with Crippen molar-refractivity contribution >= 4 is 17.3 Å². The molecule has 2 atom stereocenters. The summed E-state index contributed by atoms with van der Waals surface area (Å²) in [5, 5.41) is 21.1. The predicted molar refractivity (Wildman–Crippen MR) is 102 cm³/mol. The number of fused-ring (bicyclic) bond motifs is 1. The normalized spacial score (nSPS) is 18.3. The van der Waals surface area contributed by atoms with Crippen LogP contribution >= 0.6 is 0 Å². The molecular formula is C22H17N3O. The van der Waals surface area contributed by atoms with E-state index in [4.69, 9.17) is 10.1 Å². The van der Waals surface area contributed by atoms with Gasteiger partial charge >= 0.3 is 0 Å². The molecule has 4 heteroatoms. The molecule has 126 valence electrons. The van der Waals surface area contributed by atoms with Crippen molar-refractivity contribution in [2.45, 2.75) is 5.92 Å². The van der Waals surface area contributed by atoms with Crippen LogP contribution in [0.3, 0.4) is 0 Å². The minimum Gasteiger partial charge on any atom is -0.442 e. The van der Waals surface area contributed by atoms with Crippen molar-refractivity contribution in [2.75, 3.05) is 5.32 Å². The lowest BCUT2D eigenvalue weighted by Crippen LogP contribution is -2.30. The van der Waals surface area contributed by atoms with Gasteiger partial charge in [0, 0.05) is 28.9 Å². The molecule has 1 aliphatic rings.